The third-order valence-corrected chi connectivity index (χ3v) is 4.77. The fraction of sp³-hybridized carbons (Fsp3) is 0.364. The second-order valence-corrected chi connectivity index (χ2v) is 7.17. The number of carbonyl (C=O) groups is 3. The van der Waals surface area contributed by atoms with Crippen molar-refractivity contribution in [2.24, 2.45) is 0 Å². The van der Waals surface area contributed by atoms with E-state index in [1.807, 2.05) is 0 Å². The molecule has 0 aliphatic carbocycles. The number of benzene rings is 1. The summed E-state index contributed by atoms with van der Waals surface area (Å²) in [5.41, 5.74) is -0.489. The Balaban J connectivity index is 1.92. The minimum atomic E-state index is -1.70. The van der Waals surface area contributed by atoms with Crippen LogP contribution in [0.4, 0.5) is 5.69 Å². The fourth-order valence-electron chi connectivity index (χ4n) is 3.14. The molecule has 0 spiro atoms. The summed E-state index contributed by atoms with van der Waals surface area (Å²) in [4.78, 5) is 37.8. The topological polar surface area (TPSA) is 123 Å². The molecule has 32 heavy (non-hydrogen) atoms. The molecule has 1 aromatic heterocycles. The van der Waals surface area contributed by atoms with Gasteiger partial charge >= 0.3 is 5.97 Å². The van der Waals surface area contributed by atoms with Crippen molar-refractivity contribution < 1.29 is 29.0 Å². The molecule has 168 valence electrons. The molecular formula is C22H24N4O6. The van der Waals surface area contributed by atoms with Crippen molar-refractivity contribution in [3.63, 3.8) is 0 Å². The molecule has 1 saturated heterocycles. The Morgan fingerprint density at radius 3 is 2.81 bits per heavy atom. The van der Waals surface area contributed by atoms with E-state index < -0.39 is 23.4 Å². The van der Waals surface area contributed by atoms with Crippen LogP contribution in [0, 0.1) is 11.8 Å². The van der Waals surface area contributed by atoms with Crippen LogP contribution in [0.5, 0.6) is 0 Å². The monoisotopic (exact) mass is 440 g/mol. The number of aliphatic hydroxyl groups is 1. The number of ether oxygens (including phenoxy) is 2. The van der Waals surface area contributed by atoms with Crippen molar-refractivity contribution in [3.05, 3.63) is 41.7 Å². The average molecular weight is 440 g/mol. The Hall–Kier alpha value is -3.68. The van der Waals surface area contributed by atoms with Crippen molar-refractivity contribution in [2.75, 3.05) is 39.2 Å². The van der Waals surface area contributed by atoms with Crippen LogP contribution in [0.25, 0.3) is 5.69 Å². The van der Waals surface area contributed by atoms with Gasteiger partial charge in [0.1, 0.15) is 6.61 Å². The maximum absolute atomic E-state index is 12.3. The number of esters is 1. The van der Waals surface area contributed by atoms with Gasteiger partial charge in [0, 0.05) is 32.7 Å². The number of hydrogen-bond acceptors (Lipinski definition) is 7. The molecule has 1 atom stereocenters. The number of nitrogens with zero attached hydrogens (tertiary/aromatic N) is 3. The first-order valence-electron chi connectivity index (χ1n) is 9.94. The molecule has 0 bridgehead atoms. The van der Waals surface area contributed by atoms with E-state index in [1.54, 1.807) is 38.2 Å². The van der Waals surface area contributed by atoms with Crippen molar-refractivity contribution in [3.8, 4) is 17.5 Å². The third-order valence-electron chi connectivity index (χ3n) is 4.77. The second kappa shape index (κ2) is 9.64. The summed E-state index contributed by atoms with van der Waals surface area (Å²) in [6.45, 7) is 2.07. The van der Waals surface area contributed by atoms with Gasteiger partial charge in [0.25, 0.3) is 5.91 Å². The van der Waals surface area contributed by atoms with Crippen LogP contribution >= 0.6 is 0 Å². The van der Waals surface area contributed by atoms with Crippen LogP contribution in [0.3, 0.4) is 0 Å². The van der Waals surface area contributed by atoms with E-state index in [1.165, 1.54) is 22.9 Å². The van der Waals surface area contributed by atoms with Crippen LogP contribution < -0.4 is 5.32 Å². The zero-order chi connectivity index (χ0) is 23.3. The fourth-order valence-corrected chi connectivity index (χ4v) is 3.14. The van der Waals surface area contributed by atoms with Gasteiger partial charge in [-0.2, -0.15) is 5.10 Å². The molecule has 1 aliphatic heterocycles. The van der Waals surface area contributed by atoms with E-state index in [0.29, 0.717) is 17.8 Å². The third kappa shape index (κ3) is 4.96. The normalized spacial score (nSPS) is 17.6. The van der Waals surface area contributed by atoms with E-state index in [4.69, 9.17) is 9.47 Å². The van der Waals surface area contributed by atoms with E-state index in [0.717, 1.165) is 0 Å². The highest BCUT2D eigenvalue weighted by atomic mass is 16.5. The highest BCUT2D eigenvalue weighted by Gasteiger charge is 2.42. The lowest BCUT2D eigenvalue weighted by atomic mass is 10.0. The number of amides is 2. The lowest BCUT2D eigenvalue weighted by molar-refractivity contribution is -0.137. The summed E-state index contributed by atoms with van der Waals surface area (Å²) >= 11 is 0. The van der Waals surface area contributed by atoms with Crippen molar-refractivity contribution in [1.29, 1.82) is 0 Å². The number of likely N-dealkylation sites (N-methyl/N-ethyl adjacent to an activating group) is 1. The smallest absolute Gasteiger partial charge is 0.361 e. The minimum Gasteiger partial charge on any atom is -0.461 e. The highest BCUT2D eigenvalue weighted by Crippen LogP contribution is 2.22. The second-order valence-electron chi connectivity index (χ2n) is 7.17. The van der Waals surface area contributed by atoms with E-state index in [2.05, 4.69) is 22.3 Å². The molecule has 1 aliphatic rings. The van der Waals surface area contributed by atoms with Gasteiger partial charge in [-0.3, -0.25) is 9.59 Å². The number of carbonyl (C=O) groups excluding carboxylic acids is 3. The number of rotatable bonds is 6. The number of nitrogens with one attached hydrogen (secondary N) is 1. The lowest BCUT2D eigenvalue weighted by Crippen LogP contribution is -2.37. The maximum atomic E-state index is 12.3. The van der Waals surface area contributed by atoms with Crippen LogP contribution in [-0.2, 0) is 19.1 Å². The van der Waals surface area contributed by atoms with E-state index in [9.17, 15) is 19.5 Å². The first kappa shape index (κ1) is 23.0. The summed E-state index contributed by atoms with van der Waals surface area (Å²) < 4.78 is 11.2. The van der Waals surface area contributed by atoms with Gasteiger partial charge in [-0.25, -0.2) is 9.48 Å². The number of hydrogen-bond donors (Lipinski definition) is 2. The zero-order valence-electron chi connectivity index (χ0n) is 18.0. The molecule has 0 unspecified atom stereocenters. The Kier molecular flexibility index (Phi) is 6.92. The van der Waals surface area contributed by atoms with Crippen LogP contribution in [-0.4, -0.2) is 77.1 Å². The Bertz CT molecular complexity index is 1100. The molecular weight excluding hydrogens is 416 g/mol. The molecule has 2 amide bonds. The Labute approximate surface area is 185 Å². The standard InChI is InChI=1S/C22H24N4O6/c1-4-32-20(28)19-17(23-18(27)14-31-3)13-26(24-19)16-7-5-6-15(12-16)8-9-22(30)10-11-25(2)21(22)29/h5-7,12-13,30H,4,10-11,14H2,1-3H3,(H,23,27)/t22-/m0/s1. The lowest BCUT2D eigenvalue weighted by Gasteiger charge is -2.13. The van der Waals surface area contributed by atoms with Crippen LogP contribution in [0.15, 0.2) is 30.5 Å². The van der Waals surface area contributed by atoms with Gasteiger partial charge in [-0.05, 0) is 25.1 Å². The Morgan fingerprint density at radius 1 is 1.38 bits per heavy atom. The number of aromatic nitrogens is 2. The molecule has 10 heteroatoms. The molecule has 1 aromatic carbocycles. The number of likely N-dealkylation sites (tertiary alicyclic amines) is 1. The minimum absolute atomic E-state index is 0.0540. The predicted molar refractivity (Wildman–Crippen MR) is 114 cm³/mol. The molecule has 10 nitrogen and oxygen atoms in total. The maximum Gasteiger partial charge on any atom is 0.361 e. The Morgan fingerprint density at radius 2 is 2.16 bits per heavy atom. The summed E-state index contributed by atoms with van der Waals surface area (Å²) in [5, 5.41) is 17.3. The number of methoxy groups -OCH3 is 1. The molecule has 0 radical (unpaired) electrons. The van der Waals surface area contributed by atoms with Crippen molar-refractivity contribution in [2.45, 2.75) is 18.9 Å². The predicted octanol–water partition coefficient (Wildman–Crippen LogP) is 0.579. The molecule has 2 heterocycles. The van der Waals surface area contributed by atoms with Crippen LogP contribution in [0.1, 0.15) is 29.4 Å². The molecule has 3 rings (SSSR count). The van der Waals surface area contributed by atoms with Crippen molar-refractivity contribution in [1.82, 2.24) is 14.7 Å². The summed E-state index contributed by atoms with van der Waals surface area (Å²) in [6.07, 6.45) is 1.72. The quantitative estimate of drug-likeness (QED) is 0.498. The van der Waals surface area contributed by atoms with E-state index in [-0.39, 0.29) is 31.0 Å². The molecule has 2 N–H and O–H groups in total. The van der Waals surface area contributed by atoms with Gasteiger partial charge in [0.15, 0.2) is 5.69 Å². The average Bonchev–Trinajstić information content (AvgIpc) is 3.30. The first-order valence-corrected chi connectivity index (χ1v) is 9.94. The van der Waals surface area contributed by atoms with Gasteiger partial charge in [0.05, 0.1) is 24.2 Å². The van der Waals surface area contributed by atoms with Gasteiger partial charge < -0.3 is 24.8 Å². The van der Waals surface area contributed by atoms with Gasteiger partial charge in [-0.1, -0.05) is 17.9 Å². The SMILES string of the molecule is CCOC(=O)c1nn(-c2cccc(C#C[C@]3(O)CCN(C)C3=O)c2)cc1NC(=O)COC. The zero-order valence-corrected chi connectivity index (χ0v) is 18.0. The molecule has 2 aromatic rings. The van der Waals surface area contributed by atoms with Gasteiger partial charge in [-0.15, -0.1) is 0 Å². The first-order chi connectivity index (χ1) is 15.3. The summed E-state index contributed by atoms with van der Waals surface area (Å²) in [7, 11) is 3.00. The summed E-state index contributed by atoms with van der Waals surface area (Å²) in [5.74, 6) is 3.95. The largest absolute Gasteiger partial charge is 0.461 e. The van der Waals surface area contributed by atoms with E-state index >= 15 is 0 Å². The van der Waals surface area contributed by atoms with Crippen LogP contribution in [0.2, 0.25) is 0 Å². The van der Waals surface area contributed by atoms with Gasteiger partial charge in [0.2, 0.25) is 11.5 Å². The highest BCUT2D eigenvalue weighted by molar-refractivity contribution is 6.00. The number of anilines is 1. The molecule has 0 saturated carbocycles. The summed E-state index contributed by atoms with van der Waals surface area (Å²) in [6, 6.07) is 6.86. The van der Waals surface area contributed by atoms with Crippen molar-refractivity contribution >= 4 is 23.5 Å². The molecule has 1 fully saturated rings.